The van der Waals surface area contributed by atoms with Crippen molar-refractivity contribution in [2.24, 2.45) is 11.3 Å². The standard InChI is InChI=1S/C14H21N3O4/c1-9-7-15-12(5-11(9)17(20)21)16-8-10(13(18)19)6-14(2,3)4/h5,7,10H,6,8H2,1-4H3,(H,15,16)(H,18,19). The van der Waals surface area contributed by atoms with E-state index in [1.807, 2.05) is 20.8 Å². The molecule has 0 spiro atoms. The van der Waals surface area contributed by atoms with Crippen LogP contribution in [0.3, 0.4) is 0 Å². The molecule has 1 unspecified atom stereocenters. The van der Waals surface area contributed by atoms with Crippen LogP contribution < -0.4 is 5.32 Å². The second-order valence-corrected chi connectivity index (χ2v) is 6.29. The van der Waals surface area contributed by atoms with Crippen LogP contribution in [-0.4, -0.2) is 27.5 Å². The number of carboxylic acid groups (broad SMARTS) is 1. The summed E-state index contributed by atoms with van der Waals surface area (Å²) in [7, 11) is 0. The molecule has 21 heavy (non-hydrogen) atoms. The average molecular weight is 295 g/mol. The van der Waals surface area contributed by atoms with E-state index in [4.69, 9.17) is 0 Å². The third-order valence-corrected chi connectivity index (χ3v) is 3.01. The van der Waals surface area contributed by atoms with Gasteiger partial charge < -0.3 is 10.4 Å². The average Bonchev–Trinajstić information content (AvgIpc) is 2.34. The highest BCUT2D eigenvalue weighted by atomic mass is 16.6. The van der Waals surface area contributed by atoms with Crippen LogP contribution >= 0.6 is 0 Å². The molecule has 1 aromatic rings. The van der Waals surface area contributed by atoms with Crippen molar-refractivity contribution in [1.29, 1.82) is 0 Å². The summed E-state index contributed by atoms with van der Waals surface area (Å²) in [5, 5.41) is 23.0. The second-order valence-electron chi connectivity index (χ2n) is 6.29. The molecule has 0 saturated carbocycles. The fourth-order valence-electron chi connectivity index (χ4n) is 2.02. The first-order valence-electron chi connectivity index (χ1n) is 6.68. The molecule has 0 aliphatic carbocycles. The molecule has 1 rings (SSSR count). The van der Waals surface area contributed by atoms with E-state index in [0.29, 0.717) is 17.8 Å². The Morgan fingerprint density at radius 3 is 2.62 bits per heavy atom. The van der Waals surface area contributed by atoms with Crippen LogP contribution in [0.5, 0.6) is 0 Å². The number of aliphatic carboxylic acids is 1. The molecule has 0 amide bonds. The van der Waals surface area contributed by atoms with Gasteiger partial charge in [0.05, 0.1) is 16.9 Å². The maximum absolute atomic E-state index is 11.3. The summed E-state index contributed by atoms with van der Waals surface area (Å²) in [4.78, 5) is 25.7. The molecular formula is C14H21N3O4. The van der Waals surface area contributed by atoms with Crippen molar-refractivity contribution in [2.75, 3.05) is 11.9 Å². The van der Waals surface area contributed by atoms with Gasteiger partial charge in [0.1, 0.15) is 5.82 Å². The Morgan fingerprint density at radius 1 is 1.52 bits per heavy atom. The van der Waals surface area contributed by atoms with E-state index in [0.717, 1.165) is 0 Å². The highest BCUT2D eigenvalue weighted by Crippen LogP contribution is 2.25. The third-order valence-electron chi connectivity index (χ3n) is 3.01. The molecule has 0 aliphatic heterocycles. The topological polar surface area (TPSA) is 105 Å². The summed E-state index contributed by atoms with van der Waals surface area (Å²) < 4.78 is 0. The van der Waals surface area contributed by atoms with Crippen molar-refractivity contribution in [3.8, 4) is 0 Å². The van der Waals surface area contributed by atoms with E-state index in [9.17, 15) is 20.0 Å². The van der Waals surface area contributed by atoms with Crippen LogP contribution in [0.4, 0.5) is 11.5 Å². The minimum atomic E-state index is -0.890. The molecule has 0 bridgehead atoms. The van der Waals surface area contributed by atoms with Gasteiger partial charge in [0, 0.05) is 18.3 Å². The number of carbonyl (C=O) groups is 1. The van der Waals surface area contributed by atoms with E-state index in [1.54, 1.807) is 6.92 Å². The molecule has 0 fully saturated rings. The van der Waals surface area contributed by atoms with Crippen LogP contribution in [0.25, 0.3) is 0 Å². The molecule has 7 nitrogen and oxygen atoms in total. The zero-order valence-electron chi connectivity index (χ0n) is 12.7. The Kier molecular flexibility index (Phi) is 5.23. The molecule has 1 aromatic heterocycles. The predicted octanol–water partition coefficient (Wildman–Crippen LogP) is 2.85. The molecular weight excluding hydrogens is 274 g/mol. The van der Waals surface area contributed by atoms with Crippen molar-refractivity contribution in [2.45, 2.75) is 34.1 Å². The lowest BCUT2D eigenvalue weighted by Gasteiger charge is -2.23. The van der Waals surface area contributed by atoms with Gasteiger partial charge >= 0.3 is 5.97 Å². The van der Waals surface area contributed by atoms with Crippen molar-refractivity contribution in [1.82, 2.24) is 4.98 Å². The van der Waals surface area contributed by atoms with Gasteiger partial charge in [-0.15, -0.1) is 0 Å². The van der Waals surface area contributed by atoms with Crippen molar-refractivity contribution in [3.05, 3.63) is 27.9 Å². The van der Waals surface area contributed by atoms with E-state index in [2.05, 4.69) is 10.3 Å². The summed E-state index contributed by atoms with van der Waals surface area (Å²) in [6, 6.07) is 1.32. The third kappa shape index (κ3) is 5.37. The normalized spacial score (nSPS) is 12.8. The van der Waals surface area contributed by atoms with E-state index in [1.165, 1.54) is 12.3 Å². The highest BCUT2D eigenvalue weighted by Gasteiger charge is 2.24. The van der Waals surface area contributed by atoms with Crippen LogP contribution in [0.15, 0.2) is 12.3 Å². The number of hydrogen-bond donors (Lipinski definition) is 2. The van der Waals surface area contributed by atoms with E-state index < -0.39 is 16.8 Å². The molecule has 0 radical (unpaired) electrons. The lowest BCUT2D eigenvalue weighted by Crippen LogP contribution is -2.27. The van der Waals surface area contributed by atoms with Crippen LogP contribution in [0.1, 0.15) is 32.8 Å². The number of nitrogens with one attached hydrogen (secondary N) is 1. The van der Waals surface area contributed by atoms with Crippen molar-refractivity contribution >= 4 is 17.5 Å². The molecule has 7 heteroatoms. The molecule has 2 N–H and O–H groups in total. The van der Waals surface area contributed by atoms with E-state index >= 15 is 0 Å². The molecule has 1 heterocycles. The number of anilines is 1. The van der Waals surface area contributed by atoms with Gasteiger partial charge in [0.15, 0.2) is 0 Å². The lowest BCUT2D eigenvalue weighted by atomic mass is 9.84. The van der Waals surface area contributed by atoms with Crippen molar-refractivity contribution < 1.29 is 14.8 Å². The zero-order chi connectivity index (χ0) is 16.2. The lowest BCUT2D eigenvalue weighted by molar-refractivity contribution is -0.385. The fourth-order valence-corrected chi connectivity index (χ4v) is 2.02. The van der Waals surface area contributed by atoms with Crippen LogP contribution in [0, 0.1) is 28.4 Å². The van der Waals surface area contributed by atoms with Gasteiger partial charge in [-0.2, -0.15) is 0 Å². The number of nitrogens with zero attached hydrogens (tertiary/aromatic N) is 2. The summed E-state index contributed by atoms with van der Waals surface area (Å²) in [6.45, 7) is 7.70. The van der Waals surface area contributed by atoms with Gasteiger partial charge in [-0.3, -0.25) is 14.9 Å². The minimum Gasteiger partial charge on any atom is -0.481 e. The number of nitro groups is 1. The first-order chi connectivity index (χ1) is 9.60. The minimum absolute atomic E-state index is 0.0322. The molecule has 0 aromatic carbocycles. The Morgan fingerprint density at radius 2 is 2.14 bits per heavy atom. The van der Waals surface area contributed by atoms with Crippen LogP contribution in [0.2, 0.25) is 0 Å². The number of aromatic nitrogens is 1. The fraction of sp³-hybridized carbons (Fsp3) is 0.571. The Balaban J connectivity index is 2.79. The number of hydrogen-bond acceptors (Lipinski definition) is 5. The summed E-state index contributed by atoms with van der Waals surface area (Å²) in [6.07, 6.45) is 1.91. The van der Waals surface area contributed by atoms with Crippen molar-refractivity contribution in [3.63, 3.8) is 0 Å². The summed E-state index contributed by atoms with van der Waals surface area (Å²) >= 11 is 0. The number of rotatable bonds is 6. The quantitative estimate of drug-likeness (QED) is 0.617. The summed E-state index contributed by atoms with van der Waals surface area (Å²) in [5.41, 5.74) is 0.322. The predicted molar refractivity (Wildman–Crippen MR) is 79.3 cm³/mol. The maximum atomic E-state index is 11.3. The number of carboxylic acids is 1. The molecule has 116 valence electrons. The van der Waals surface area contributed by atoms with Gasteiger partial charge in [0.25, 0.3) is 5.69 Å². The summed E-state index contributed by atoms with van der Waals surface area (Å²) in [5.74, 6) is -1.15. The number of pyridine rings is 1. The monoisotopic (exact) mass is 295 g/mol. The largest absolute Gasteiger partial charge is 0.481 e. The van der Waals surface area contributed by atoms with Gasteiger partial charge in [-0.1, -0.05) is 20.8 Å². The Labute approximate surface area is 123 Å². The first-order valence-corrected chi connectivity index (χ1v) is 6.68. The Bertz CT molecular complexity index is 538. The van der Waals surface area contributed by atoms with Crippen LogP contribution in [-0.2, 0) is 4.79 Å². The first kappa shape index (κ1) is 16.9. The van der Waals surface area contributed by atoms with Gasteiger partial charge in [0.2, 0.25) is 0 Å². The zero-order valence-corrected chi connectivity index (χ0v) is 12.7. The Hall–Kier alpha value is -2.18. The highest BCUT2D eigenvalue weighted by molar-refractivity contribution is 5.70. The SMILES string of the molecule is Cc1cnc(NCC(CC(C)(C)C)C(=O)O)cc1[N+](=O)[O-]. The molecule has 0 aliphatic rings. The molecule has 0 saturated heterocycles. The maximum Gasteiger partial charge on any atom is 0.308 e. The van der Waals surface area contributed by atoms with E-state index in [-0.39, 0.29) is 17.6 Å². The van der Waals surface area contributed by atoms with Gasteiger partial charge in [-0.05, 0) is 18.8 Å². The number of aryl methyl sites for hydroxylation is 1. The second kappa shape index (κ2) is 6.51. The van der Waals surface area contributed by atoms with Gasteiger partial charge in [-0.25, -0.2) is 4.98 Å². The molecule has 1 atom stereocenters. The smallest absolute Gasteiger partial charge is 0.308 e.